The van der Waals surface area contributed by atoms with Gasteiger partial charge in [0.15, 0.2) is 0 Å². The molecule has 0 saturated heterocycles. The van der Waals surface area contributed by atoms with Crippen molar-refractivity contribution in [3.05, 3.63) is 60.2 Å². The van der Waals surface area contributed by atoms with Crippen LogP contribution in [0.25, 0.3) is 22.3 Å². The van der Waals surface area contributed by atoms with Crippen molar-refractivity contribution >= 4 is 11.0 Å². The maximum atomic E-state index is 5.94. The van der Waals surface area contributed by atoms with E-state index in [1.165, 1.54) is 12.0 Å². The molecule has 0 bridgehead atoms. The van der Waals surface area contributed by atoms with Gasteiger partial charge in [0.2, 0.25) is 0 Å². The summed E-state index contributed by atoms with van der Waals surface area (Å²) in [5.74, 6) is 2.25. The van der Waals surface area contributed by atoms with E-state index in [2.05, 4.69) is 36.4 Å². The number of furan rings is 1. The largest absolute Gasteiger partial charge is 0.456 e. The Balaban J connectivity index is 1.73. The lowest BCUT2D eigenvalue weighted by atomic mass is 10.0. The minimum atomic E-state index is 0.643. The third-order valence-corrected chi connectivity index (χ3v) is 4.25. The van der Waals surface area contributed by atoms with E-state index in [4.69, 9.17) is 10.2 Å². The van der Waals surface area contributed by atoms with E-state index in [-0.39, 0.29) is 0 Å². The van der Waals surface area contributed by atoms with E-state index in [9.17, 15) is 0 Å². The highest BCUT2D eigenvalue weighted by atomic mass is 16.3. The van der Waals surface area contributed by atoms with E-state index in [1.807, 2.05) is 18.2 Å². The van der Waals surface area contributed by atoms with Gasteiger partial charge in [0, 0.05) is 10.9 Å². The molecular weight excluding hydrogens is 246 g/mol. The van der Waals surface area contributed by atoms with Gasteiger partial charge in [-0.2, -0.15) is 0 Å². The quantitative estimate of drug-likeness (QED) is 0.770. The Morgan fingerprint density at radius 1 is 1.05 bits per heavy atom. The number of nitrogens with two attached hydrogens (primary N) is 1. The maximum absolute atomic E-state index is 5.94. The fraction of sp³-hybridized carbons (Fsp3) is 0.222. The van der Waals surface area contributed by atoms with Crippen LogP contribution in [0.4, 0.5) is 0 Å². The molecule has 1 aliphatic carbocycles. The highest BCUT2D eigenvalue weighted by Crippen LogP contribution is 2.47. The predicted octanol–water partition coefficient (Wildman–Crippen LogP) is 4.16. The standard InChI is InChI=1S/C18H17NO/c19-11-15-9-16(15)12-5-3-6-13(8-12)18-10-14-4-1-2-7-17(14)20-18/h1-8,10,15-16H,9,11,19H2. The van der Waals surface area contributed by atoms with Crippen LogP contribution in [0.15, 0.2) is 59.0 Å². The van der Waals surface area contributed by atoms with Gasteiger partial charge >= 0.3 is 0 Å². The summed E-state index contributed by atoms with van der Waals surface area (Å²) in [7, 11) is 0. The fourth-order valence-corrected chi connectivity index (χ4v) is 2.96. The average Bonchev–Trinajstić information content (AvgIpc) is 3.17. The van der Waals surface area contributed by atoms with Crippen molar-refractivity contribution in [1.82, 2.24) is 0 Å². The molecule has 1 aliphatic rings. The third-order valence-electron chi connectivity index (χ3n) is 4.25. The fourth-order valence-electron chi connectivity index (χ4n) is 2.96. The minimum Gasteiger partial charge on any atom is -0.456 e. The van der Waals surface area contributed by atoms with Crippen molar-refractivity contribution < 1.29 is 4.42 Å². The number of fused-ring (bicyclic) bond motifs is 1. The zero-order chi connectivity index (χ0) is 13.5. The van der Waals surface area contributed by atoms with Gasteiger partial charge < -0.3 is 10.2 Å². The van der Waals surface area contributed by atoms with E-state index in [0.29, 0.717) is 11.8 Å². The molecule has 2 unspecified atom stereocenters. The van der Waals surface area contributed by atoms with Crippen molar-refractivity contribution in [2.24, 2.45) is 11.7 Å². The van der Waals surface area contributed by atoms with Crippen molar-refractivity contribution in [2.45, 2.75) is 12.3 Å². The van der Waals surface area contributed by atoms with Crippen LogP contribution >= 0.6 is 0 Å². The van der Waals surface area contributed by atoms with Gasteiger partial charge in [0.25, 0.3) is 0 Å². The molecule has 2 nitrogen and oxygen atoms in total. The van der Waals surface area contributed by atoms with E-state index in [1.54, 1.807) is 0 Å². The molecule has 3 aromatic rings. The number of hydrogen-bond acceptors (Lipinski definition) is 2. The van der Waals surface area contributed by atoms with Crippen molar-refractivity contribution in [1.29, 1.82) is 0 Å². The lowest BCUT2D eigenvalue weighted by Crippen LogP contribution is -2.01. The number of rotatable bonds is 3. The van der Waals surface area contributed by atoms with Gasteiger partial charge in [0.05, 0.1) is 0 Å². The summed E-state index contributed by atoms with van der Waals surface area (Å²) in [5, 5.41) is 1.15. The third kappa shape index (κ3) is 1.93. The summed E-state index contributed by atoms with van der Waals surface area (Å²) in [4.78, 5) is 0. The van der Waals surface area contributed by atoms with Crippen molar-refractivity contribution in [2.75, 3.05) is 6.54 Å². The molecule has 20 heavy (non-hydrogen) atoms. The molecule has 4 rings (SSSR count). The van der Waals surface area contributed by atoms with E-state index >= 15 is 0 Å². The van der Waals surface area contributed by atoms with E-state index < -0.39 is 0 Å². The van der Waals surface area contributed by atoms with Crippen molar-refractivity contribution in [3.8, 4) is 11.3 Å². The molecule has 0 aliphatic heterocycles. The molecule has 1 aromatic heterocycles. The summed E-state index contributed by atoms with van der Waals surface area (Å²) < 4.78 is 5.94. The molecule has 1 heterocycles. The van der Waals surface area contributed by atoms with Gasteiger partial charge in [-0.05, 0) is 48.6 Å². The monoisotopic (exact) mass is 263 g/mol. The van der Waals surface area contributed by atoms with Gasteiger partial charge in [-0.15, -0.1) is 0 Å². The Hall–Kier alpha value is -2.06. The van der Waals surface area contributed by atoms with Crippen LogP contribution < -0.4 is 5.73 Å². The van der Waals surface area contributed by atoms with Crippen LogP contribution in [-0.4, -0.2) is 6.54 Å². The Labute approximate surface area is 118 Å². The van der Waals surface area contributed by atoms with Crippen LogP contribution in [0.1, 0.15) is 17.9 Å². The molecule has 1 fully saturated rings. The normalized spacial score (nSPS) is 21.2. The summed E-state index contributed by atoms with van der Waals surface area (Å²) in [5.41, 5.74) is 9.23. The molecule has 0 spiro atoms. The average molecular weight is 263 g/mol. The summed E-state index contributed by atoms with van der Waals surface area (Å²) >= 11 is 0. The van der Waals surface area contributed by atoms with Crippen LogP contribution in [0, 0.1) is 5.92 Å². The topological polar surface area (TPSA) is 39.2 Å². The first-order valence-corrected chi connectivity index (χ1v) is 7.14. The number of hydrogen-bond donors (Lipinski definition) is 1. The first-order chi connectivity index (χ1) is 9.85. The second-order valence-electron chi connectivity index (χ2n) is 5.61. The van der Waals surface area contributed by atoms with Crippen LogP contribution in [0.2, 0.25) is 0 Å². The number of para-hydroxylation sites is 1. The van der Waals surface area contributed by atoms with Crippen LogP contribution in [0.5, 0.6) is 0 Å². The Morgan fingerprint density at radius 2 is 1.95 bits per heavy atom. The van der Waals surface area contributed by atoms with Gasteiger partial charge in [0.1, 0.15) is 11.3 Å². The molecule has 0 radical (unpaired) electrons. The van der Waals surface area contributed by atoms with Crippen LogP contribution in [0.3, 0.4) is 0 Å². The van der Waals surface area contributed by atoms with Crippen LogP contribution in [-0.2, 0) is 0 Å². The summed E-state index contributed by atoms with van der Waals surface area (Å²) in [6.07, 6.45) is 1.22. The SMILES string of the molecule is NCC1CC1c1cccc(-c2cc3ccccc3o2)c1. The van der Waals surface area contributed by atoms with E-state index in [0.717, 1.165) is 28.8 Å². The molecule has 2 N–H and O–H groups in total. The van der Waals surface area contributed by atoms with Gasteiger partial charge in [-0.3, -0.25) is 0 Å². The molecule has 1 saturated carbocycles. The second kappa shape index (κ2) is 4.50. The molecule has 2 atom stereocenters. The molecule has 2 heteroatoms. The predicted molar refractivity (Wildman–Crippen MR) is 81.6 cm³/mol. The number of benzene rings is 2. The molecule has 2 aromatic carbocycles. The lowest BCUT2D eigenvalue weighted by Gasteiger charge is -2.02. The first-order valence-electron chi connectivity index (χ1n) is 7.14. The Kier molecular flexibility index (Phi) is 2.64. The molecule has 100 valence electrons. The first kappa shape index (κ1) is 11.7. The summed E-state index contributed by atoms with van der Waals surface area (Å²) in [6, 6.07) is 18.9. The van der Waals surface area contributed by atoms with Gasteiger partial charge in [-0.1, -0.05) is 36.4 Å². The zero-order valence-corrected chi connectivity index (χ0v) is 11.3. The Morgan fingerprint density at radius 3 is 2.75 bits per heavy atom. The lowest BCUT2D eigenvalue weighted by molar-refractivity contribution is 0.631. The zero-order valence-electron chi connectivity index (χ0n) is 11.3. The Bertz CT molecular complexity index is 726. The van der Waals surface area contributed by atoms with Gasteiger partial charge in [-0.25, -0.2) is 0 Å². The minimum absolute atomic E-state index is 0.643. The second-order valence-corrected chi connectivity index (χ2v) is 5.61. The van der Waals surface area contributed by atoms with Crippen molar-refractivity contribution in [3.63, 3.8) is 0 Å². The highest BCUT2D eigenvalue weighted by Gasteiger charge is 2.36. The highest BCUT2D eigenvalue weighted by molar-refractivity contribution is 5.82. The molecular formula is C18H17NO. The summed E-state index contributed by atoms with van der Waals surface area (Å²) in [6.45, 7) is 0.791. The smallest absolute Gasteiger partial charge is 0.135 e. The molecule has 0 amide bonds. The maximum Gasteiger partial charge on any atom is 0.135 e.